The molecule has 0 bridgehead atoms. The van der Waals surface area contributed by atoms with E-state index in [1.807, 2.05) is 24.3 Å². The van der Waals surface area contributed by atoms with E-state index < -0.39 is 10.0 Å². The number of benzene rings is 3. The Kier molecular flexibility index (Phi) is 6.13. The van der Waals surface area contributed by atoms with E-state index in [1.54, 1.807) is 47.4 Å². The second-order valence-electron chi connectivity index (χ2n) is 7.88. The number of nitrogen functional groups attached to an aromatic ring is 1. The highest BCUT2D eigenvalue weighted by Gasteiger charge is 2.20. The van der Waals surface area contributed by atoms with Crippen LogP contribution in [0.4, 0.5) is 0 Å². The van der Waals surface area contributed by atoms with E-state index in [2.05, 4.69) is 0 Å². The number of carbonyl (C=O) groups is 1. The van der Waals surface area contributed by atoms with Crippen LogP contribution in [-0.2, 0) is 10.0 Å². The molecule has 3 aromatic rings. The number of nitrogens with one attached hydrogen (secondary N) is 1. The van der Waals surface area contributed by atoms with Crippen molar-refractivity contribution in [2.75, 3.05) is 13.1 Å². The molecule has 0 atom stereocenters. The number of hydrogen-bond acceptors (Lipinski definition) is 4. The summed E-state index contributed by atoms with van der Waals surface area (Å²) < 4.78 is 23.2. The summed E-state index contributed by atoms with van der Waals surface area (Å²) in [6.45, 7) is 1.09. The molecule has 0 saturated carbocycles. The summed E-state index contributed by atoms with van der Waals surface area (Å²) in [5, 5.41) is 12.8. The number of nitrogens with two attached hydrogens (primary N) is 2. The van der Waals surface area contributed by atoms with Crippen LogP contribution in [-0.4, -0.2) is 38.2 Å². The van der Waals surface area contributed by atoms with Crippen LogP contribution in [0.1, 0.15) is 27.9 Å². The van der Waals surface area contributed by atoms with Crippen LogP contribution in [0.5, 0.6) is 0 Å². The SMILES string of the molecule is N=C(N)c1cccc(C2=CCN(C(=O)c3ccc(-c4cccc(S(N)(=O)=O)c4)cc3)CC2)c1. The first-order valence-corrected chi connectivity index (χ1v) is 11.9. The van der Waals surface area contributed by atoms with Gasteiger partial charge in [0.25, 0.3) is 5.91 Å². The Hall–Kier alpha value is -3.75. The summed E-state index contributed by atoms with van der Waals surface area (Å²) >= 11 is 0. The Morgan fingerprint density at radius 2 is 1.58 bits per heavy atom. The molecule has 5 N–H and O–H groups in total. The van der Waals surface area contributed by atoms with Crippen molar-refractivity contribution in [3.63, 3.8) is 0 Å². The van der Waals surface area contributed by atoms with Crippen LogP contribution >= 0.6 is 0 Å². The molecule has 1 aliphatic rings. The molecule has 0 fully saturated rings. The quantitative estimate of drug-likeness (QED) is 0.399. The zero-order valence-electron chi connectivity index (χ0n) is 17.9. The number of primary sulfonamides is 1. The maximum atomic E-state index is 13.0. The van der Waals surface area contributed by atoms with E-state index in [0.29, 0.717) is 36.2 Å². The van der Waals surface area contributed by atoms with Gasteiger partial charge in [0, 0.05) is 24.2 Å². The molecule has 0 spiro atoms. The van der Waals surface area contributed by atoms with Crippen molar-refractivity contribution in [1.29, 1.82) is 5.41 Å². The lowest BCUT2D eigenvalue weighted by Crippen LogP contribution is -2.34. The van der Waals surface area contributed by atoms with Crippen molar-refractivity contribution in [2.45, 2.75) is 11.3 Å². The average molecular weight is 461 g/mol. The molecule has 1 aliphatic heterocycles. The summed E-state index contributed by atoms with van der Waals surface area (Å²) in [4.78, 5) is 14.8. The maximum Gasteiger partial charge on any atom is 0.254 e. The first-order valence-electron chi connectivity index (χ1n) is 10.4. The van der Waals surface area contributed by atoms with E-state index in [-0.39, 0.29) is 16.6 Å². The molecule has 1 amide bonds. The molecule has 1 heterocycles. The van der Waals surface area contributed by atoms with Gasteiger partial charge in [0.2, 0.25) is 10.0 Å². The highest BCUT2D eigenvalue weighted by molar-refractivity contribution is 7.89. The molecule has 0 unspecified atom stereocenters. The van der Waals surface area contributed by atoms with Gasteiger partial charge in [-0.05, 0) is 59.0 Å². The van der Waals surface area contributed by atoms with Crippen LogP contribution < -0.4 is 10.9 Å². The normalized spacial score (nSPS) is 14.0. The Labute approximate surface area is 192 Å². The zero-order chi connectivity index (χ0) is 23.6. The van der Waals surface area contributed by atoms with Gasteiger partial charge < -0.3 is 10.6 Å². The second-order valence-corrected chi connectivity index (χ2v) is 9.44. The number of amidine groups is 1. The fourth-order valence-electron chi connectivity index (χ4n) is 3.84. The van der Waals surface area contributed by atoms with Gasteiger partial charge in [-0.3, -0.25) is 10.2 Å². The topological polar surface area (TPSA) is 130 Å². The van der Waals surface area contributed by atoms with Gasteiger partial charge in [-0.25, -0.2) is 13.6 Å². The van der Waals surface area contributed by atoms with Gasteiger partial charge in [0.05, 0.1) is 4.90 Å². The number of amides is 1. The van der Waals surface area contributed by atoms with Gasteiger partial charge in [0.15, 0.2) is 0 Å². The molecular weight excluding hydrogens is 436 g/mol. The van der Waals surface area contributed by atoms with Crippen LogP contribution in [0, 0.1) is 5.41 Å². The smallest absolute Gasteiger partial charge is 0.254 e. The van der Waals surface area contributed by atoms with Gasteiger partial charge in [-0.15, -0.1) is 0 Å². The molecule has 0 aromatic heterocycles. The molecule has 168 valence electrons. The zero-order valence-corrected chi connectivity index (χ0v) is 18.7. The largest absolute Gasteiger partial charge is 0.384 e. The van der Waals surface area contributed by atoms with E-state index in [4.69, 9.17) is 16.3 Å². The summed E-state index contributed by atoms with van der Waals surface area (Å²) in [5.41, 5.74) is 10.5. The summed E-state index contributed by atoms with van der Waals surface area (Å²) in [5.74, 6) is -0.0301. The lowest BCUT2D eigenvalue weighted by molar-refractivity contribution is 0.0773. The van der Waals surface area contributed by atoms with E-state index in [9.17, 15) is 13.2 Å². The van der Waals surface area contributed by atoms with Crippen LogP contribution in [0.2, 0.25) is 0 Å². The predicted octanol–water partition coefficient (Wildman–Crippen LogP) is 3.21. The Morgan fingerprint density at radius 1 is 0.879 bits per heavy atom. The van der Waals surface area contributed by atoms with Crippen molar-refractivity contribution in [2.24, 2.45) is 10.9 Å². The van der Waals surface area contributed by atoms with Crippen LogP contribution in [0.15, 0.2) is 83.8 Å². The summed E-state index contributed by atoms with van der Waals surface area (Å²) in [7, 11) is -3.78. The van der Waals surface area contributed by atoms with Crippen molar-refractivity contribution < 1.29 is 13.2 Å². The molecule has 0 saturated heterocycles. The number of hydrogen-bond donors (Lipinski definition) is 3. The Morgan fingerprint density at radius 3 is 2.21 bits per heavy atom. The molecule has 4 rings (SSSR count). The minimum Gasteiger partial charge on any atom is -0.384 e. The van der Waals surface area contributed by atoms with E-state index >= 15 is 0 Å². The first kappa shape index (κ1) is 22.4. The molecule has 33 heavy (non-hydrogen) atoms. The lowest BCUT2D eigenvalue weighted by atomic mass is 9.97. The highest BCUT2D eigenvalue weighted by Crippen LogP contribution is 2.26. The highest BCUT2D eigenvalue weighted by atomic mass is 32.2. The minimum atomic E-state index is -3.78. The van der Waals surface area contributed by atoms with E-state index in [1.165, 1.54) is 12.1 Å². The third-order valence-electron chi connectivity index (χ3n) is 5.67. The average Bonchev–Trinajstić information content (AvgIpc) is 2.83. The monoisotopic (exact) mass is 460 g/mol. The van der Waals surface area contributed by atoms with Crippen molar-refractivity contribution in [1.82, 2.24) is 4.90 Å². The van der Waals surface area contributed by atoms with Crippen molar-refractivity contribution in [3.8, 4) is 11.1 Å². The van der Waals surface area contributed by atoms with Crippen LogP contribution in [0.3, 0.4) is 0 Å². The third-order valence-corrected chi connectivity index (χ3v) is 6.58. The van der Waals surface area contributed by atoms with Gasteiger partial charge in [-0.2, -0.15) is 0 Å². The standard InChI is InChI=1S/C25H24N4O3S/c26-24(27)22-5-1-3-20(15-22)18-11-13-29(14-12-18)25(30)19-9-7-17(8-10-19)21-4-2-6-23(16-21)33(28,31)32/h1-11,15-16H,12-14H2,(H3,26,27)(H2,28,31,32). The van der Waals surface area contributed by atoms with Crippen molar-refractivity contribution in [3.05, 3.63) is 95.6 Å². The van der Waals surface area contributed by atoms with Crippen molar-refractivity contribution >= 4 is 27.3 Å². The molecule has 0 radical (unpaired) electrons. The second kappa shape index (κ2) is 9.01. The number of sulfonamides is 1. The fraction of sp³-hybridized carbons (Fsp3) is 0.120. The van der Waals surface area contributed by atoms with Crippen LogP contribution in [0.25, 0.3) is 16.7 Å². The molecule has 3 aromatic carbocycles. The van der Waals surface area contributed by atoms with Gasteiger partial charge in [0.1, 0.15) is 5.84 Å². The predicted molar refractivity (Wildman–Crippen MR) is 129 cm³/mol. The third kappa shape index (κ3) is 5.02. The number of rotatable bonds is 5. The first-order chi connectivity index (χ1) is 15.7. The molecule has 0 aliphatic carbocycles. The lowest BCUT2D eigenvalue weighted by Gasteiger charge is -2.27. The molecular formula is C25H24N4O3S. The molecule has 8 heteroatoms. The fourth-order valence-corrected chi connectivity index (χ4v) is 4.40. The molecule has 7 nitrogen and oxygen atoms in total. The van der Waals surface area contributed by atoms with Gasteiger partial charge in [-0.1, -0.05) is 48.5 Å². The minimum absolute atomic E-state index is 0.0323. The number of nitrogens with zero attached hydrogens (tertiary/aromatic N) is 1. The Balaban J connectivity index is 1.48. The maximum absolute atomic E-state index is 13.0. The summed E-state index contributed by atoms with van der Waals surface area (Å²) in [6.07, 6.45) is 2.75. The van der Waals surface area contributed by atoms with E-state index in [0.717, 1.165) is 16.7 Å². The summed E-state index contributed by atoms with van der Waals surface area (Å²) in [6, 6.07) is 21.1. The Bertz CT molecular complexity index is 1360. The van der Waals surface area contributed by atoms with Gasteiger partial charge >= 0.3 is 0 Å². The number of carbonyl (C=O) groups excluding carboxylic acids is 1.